The summed E-state index contributed by atoms with van der Waals surface area (Å²) in [6.07, 6.45) is 4.18. The Bertz CT molecular complexity index is 144. The van der Waals surface area contributed by atoms with E-state index in [4.69, 9.17) is 5.26 Å². The summed E-state index contributed by atoms with van der Waals surface area (Å²) in [6, 6.07) is 2.37. The van der Waals surface area contributed by atoms with Gasteiger partial charge in [-0.2, -0.15) is 5.26 Å². The van der Waals surface area contributed by atoms with Gasteiger partial charge in [0.1, 0.15) is 4.75 Å². The highest BCUT2D eigenvalue weighted by Crippen LogP contribution is 2.28. The van der Waals surface area contributed by atoms with Crippen LogP contribution in [0.1, 0.15) is 12.8 Å². The smallest absolute Gasteiger partial charge is 0.114 e. The van der Waals surface area contributed by atoms with Gasteiger partial charge in [0.15, 0.2) is 0 Å². The zero-order chi connectivity index (χ0) is 7.45. The Kier molecular flexibility index (Phi) is 2.58. The average Bonchev–Trinajstić information content (AvgIpc) is 2.06. The number of nitrogens with zero attached hydrogens (tertiary/aromatic N) is 1. The molecule has 0 radical (unpaired) electrons. The van der Waals surface area contributed by atoms with E-state index < -0.39 is 0 Å². The number of piperidine rings is 1. The molecule has 1 aliphatic heterocycles. The molecular weight excluding hydrogens is 144 g/mol. The normalized spacial score (nSPS) is 33.2. The van der Waals surface area contributed by atoms with Crippen molar-refractivity contribution in [3.05, 3.63) is 0 Å². The van der Waals surface area contributed by atoms with Crippen molar-refractivity contribution in [1.29, 1.82) is 5.26 Å². The summed E-state index contributed by atoms with van der Waals surface area (Å²) in [5.74, 6) is 0. The van der Waals surface area contributed by atoms with Gasteiger partial charge in [0.05, 0.1) is 6.07 Å². The molecule has 1 aliphatic rings. The molecule has 1 N–H and O–H groups in total. The second kappa shape index (κ2) is 3.27. The standard InChI is InChI=1S/C7H12N2S/c1-10-7(5-8)3-2-4-9-6-7/h9H,2-4,6H2,1H3. The fraction of sp³-hybridized carbons (Fsp3) is 0.857. The molecule has 0 saturated carbocycles. The second-order valence-corrected chi connectivity index (χ2v) is 3.78. The number of hydrogen-bond acceptors (Lipinski definition) is 3. The van der Waals surface area contributed by atoms with E-state index in [9.17, 15) is 0 Å². The molecule has 0 aromatic carbocycles. The van der Waals surface area contributed by atoms with Crippen molar-refractivity contribution in [3.63, 3.8) is 0 Å². The maximum Gasteiger partial charge on any atom is 0.114 e. The molecule has 3 heteroatoms. The van der Waals surface area contributed by atoms with Gasteiger partial charge in [-0.25, -0.2) is 0 Å². The Labute approximate surface area is 66.0 Å². The molecule has 10 heavy (non-hydrogen) atoms. The van der Waals surface area contributed by atoms with Crippen molar-refractivity contribution in [2.24, 2.45) is 0 Å². The van der Waals surface area contributed by atoms with Crippen LogP contribution < -0.4 is 5.32 Å². The minimum absolute atomic E-state index is 0.127. The monoisotopic (exact) mass is 156 g/mol. The van der Waals surface area contributed by atoms with Crippen LogP contribution in [-0.4, -0.2) is 24.1 Å². The third kappa shape index (κ3) is 1.44. The summed E-state index contributed by atoms with van der Waals surface area (Å²) in [4.78, 5) is 0. The highest BCUT2D eigenvalue weighted by molar-refractivity contribution is 8.00. The first-order chi connectivity index (χ1) is 4.83. The molecule has 0 bridgehead atoms. The van der Waals surface area contributed by atoms with Gasteiger partial charge >= 0.3 is 0 Å². The van der Waals surface area contributed by atoms with E-state index in [2.05, 4.69) is 11.4 Å². The van der Waals surface area contributed by atoms with Gasteiger partial charge in [0, 0.05) is 6.54 Å². The Morgan fingerprint density at radius 1 is 1.70 bits per heavy atom. The maximum absolute atomic E-state index is 8.83. The van der Waals surface area contributed by atoms with Crippen molar-refractivity contribution in [3.8, 4) is 6.07 Å². The van der Waals surface area contributed by atoms with E-state index in [1.54, 1.807) is 11.8 Å². The lowest BCUT2D eigenvalue weighted by Crippen LogP contribution is -2.41. The van der Waals surface area contributed by atoms with E-state index in [1.165, 1.54) is 0 Å². The first-order valence-corrected chi connectivity index (χ1v) is 4.72. The van der Waals surface area contributed by atoms with Crippen LogP contribution in [0.4, 0.5) is 0 Å². The lowest BCUT2D eigenvalue weighted by atomic mass is 10.0. The lowest BCUT2D eigenvalue weighted by Gasteiger charge is -2.29. The zero-order valence-corrected chi connectivity index (χ0v) is 7.00. The zero-order valence-electron chi connectivity index (χ0n) is 6.18. The third-order valence-corrected chi connectivity index (χ3v) is 3.16. The summed E-state index contributed by atoms with van der Waals surface area (Å²) >= 11 is 1.67. The van der Waals surface area contributed by atoms with Crippen LogP contribution in [0.3, 0.4) is 0 Å². The van der Waals surface area contributed by atoms with Crippen LogP contribution in [-0.2, 0) is 0 Å². The van der Waals surface area contributed by atoms with Crippen molar-refractivity contribution in [2.75, 3.05) is 19.3 Å². The summed E-state index contributed by atoms with van der Waals surface area (Å²) in [5.41, 5.74) is 0. The molecule has 1 unspecified atom stereocenters. The van der Waals surface area contributed by atoms with Crippen molar-refractivity contribution >= 4 is 11.8 Å². The van der Waals surface area contributed by atoms with Gasteiger partial charge in [-0.3, -0.25) is 0 Å². The van der Waals surface area contributed by atoms with E-state index in [1.807, 2.05) is 6.26 Å². The predicted octanol–water partition coefficient (Wildman–Crippen LogP) is 0.995. The molecule has 1 fully saturated rings. The van der Waals surface area contributed by atoms with Crippen molar-refractivity contribution < 1.29 is 0 Å². The van der Waals surface area contributed by atoms with Gasteiger partial charge in [-0.05, 0) is 25.6 Å². The van der Waals surface area contributed by atoms with Crippen molar-refractivity contribution in [2.45, 2.75) is 17.6 Å². The van der Waals surface area contributed by atoms with E-state index in [0.29, 0.717) is 0 Å². The lowest BCUT2D eigenvalue weighted by molar-refractivity contribution is 0.477. The van der Waals surface area contributed by atoms with Crippen LogP contribution in [0.5, 0.6) is 0 Å². The van der Waals surface area contributed by atoms with Gasteiger partial charge in [-0.1, -0.05) is 0 Å². The second-order valence-electron chi connectivity index (χ2n) is 2.59. The molecule has 56 valence electrons. The third-order valence-electron chi connectivity index (χ3n) is 1.94. The number of nitrogens with one attached hydrogen (secondary N) is 1. The average molecular weight is 156 g/mol. The Morgan fingerprint density at radius 3 is 2.80 bits per heavy atom. The molecule has 1 saturated heterocycles. The van der Waals surface area contributed by atoms with Crippen LogP contribution in [0.25, 0.3) is 0 Å². The molecule has 0 aromatic heterocycles. The largest absolute Gasteiger partial charge is 0.314 e. The Morgan fingerprint density at radius 2 is 2.50 bits per heavy atom. The first-order valence-electron chi connectivity index (χ1n) is 3.50. The minimum Gasteiger partial charge on any atom is -0.314 e. The van der Waals surface area contributed by atoms with Crippen molar-refractivity contribution in [1.82, 2.24) is 5.32 Å². The molecule has 1 atom stereocenters. The summed E-state index contributed by atoms with van der Waals surface area (Å²) in [7, 11) is 0. The fourth-order valence-electron chi connectivity index (χ4n) is 1.19. The molecule has 1 rings (SSSR count). The molecule has 0 aromatic rings. The van der Waals surface area contributed by atoms with Gasteiger partial charge < -0.3 is 5.32 Å². The molecule has 1 heterocycles. The van der Waals surface area contributed by atoms with E-state index in [-0.39, 0.29) is 4.75 Å². The van der Waals surface area contributed by atoms with E-state index in [0.717, 1.165) is 25.9 Å². The molecule has 0 aliphatic carbocycles. The van der Waals surface area contributed by atoms with E-state index >= 15 is 0 Å². The SMILES string of the molecule is CSC1(C#N)CCCNC1. The summed E-state index contributed by atoms with van der Waals surface area (Å²) < 4.78 is -0.127. The fourth-order valence-corrected chi connectivity index (χ4v) is 1.88. The van der Waals surface area contributed by atoms with Crippen LogP contribution in [0.15, 0.2) is 0 Å². The summed E-state index contributed by atoms with van der Waals surface area (Å²) in [6.45, 7) is 1.93. The number of thioether (sulfide) groups is 1. The van der Waals surface area contributed by atoms with Crippen LogP contribution >= 0.6 is 11.8 Å². The van der Waals surface area contributed by atoms with Gasteiger partial charge in [-0.15, -0.1) is 11.8 Å². The maximum atomic E-state index is 8.83. The number of rotatable bonds is 1. The van der Waals surface area contributed by atoms with Crippen LogP contribution in [0, 0.1) is 11.3 Å². The quantitative estimate of drug-likeness (QED) is 0.615. The molecule has 2 nitrogen and oxygen atoms in total. The van der Waals surface area contributed by atoms with Gasteiger partial charge in [0.2, 0.25) is 0 Å². The highest BCUT2D eigenvalue weighted by Gasteiger charge is 2.30. The molecular formula is C7H12N2S. The topological polar surface area (TPSA) is 35.8 Å². The summed E-state index contributed by atoms with van der Waals surface area (Å²) in [5, 5.41) is 12.1. The highest BCUT2D eigenvalue weighted by atomic mass is 32.2. The Hall–Kier alpha value is -0.200. The minimum atomic E-state index is -0.127. The first kappa shape index (κ1) is 7.90. The van der Waals surface area contributed by atoms with Gasteiger partial charge in [0.25, 0.3) is 0 Å². The van der Waals surface area contributed by atoms with Crippen LogP contribution in [0.2, 0.25) is 0 Å². The number of hydrogen-bond donors (Lipinski definition) is 1. The molecule has 0 spiro atoms. The predicted molar refractivity (Wildman–Crippen MR) is 44.0 cm³/mol. The molecule has 0 amide bonds. The Balaban J connectivity index is 2.55. The number of nitriles is 1.